The minimum Gasteiger partial charge on any atom is -0.366 e. The fourth-order valence-electron chi connectivity index (χ4n) is 3.65. The van der Waals surface area contributed by atoms with Crippen LogP contribution >= 0.6 is 11.6 Å². The number of hydrogen-bond acceptors (Lipinski definition) is 5. The minimum atomic E-state index is 0.0122. The maximum atomic E-state index is 12.6. The van der Waals surface area contributed by atoms with Gasteiger partial charge in [0.2, 0.25) is 5.91 Å². The number of rotatable bonds is 5. The molecule has 0 radical (unpaired) electrons. The van der Waals surface area contributed by atoms with Crippen LogP contribution in [0, 0.1) is 0 Å². The first-order valence-corrected chi connectivity index (χ1v) is 10.1. The Bertz CT molecular complexity index is 670. The first-order chi connectivity index (χ1) is 13.1. The van der Waals surface area contributed by atoms with Crippen LogP contribution in [0.15, 0.2) is 12.3 Å². The van der Waals surface area contributed by atoms with Gasteiger partial charge in [0.1, 0.15) is 5.82 Å². The van der Waals surface area contributed by atoms with E-state index in [-0.39, 0.29) is 17.9 Å². The Morgan fingerprint density at radius 3 is 2.52 bits per heavy atom. The molecule has 1 aromatic rings. The van der Waals surface area contributed by atoms with Crippen molar-refractivity contribution in [2.45, 2.75) is 38.1 Å². The van der Waals surface area contributed by atoms with Crippen LogP contribution in [0.25, 0.3) is 0 Å². The maximum absolute atomic E-state index is 12.6. The summed E-state index contributed by atoms with van der Waals surface area (Å²) >= 11 is 6.39. The standard InChI is InChI=1S/C19H28ClN5O2/c1-21-17(26)13-24-9-5-15(6-10-24)23-18-16(20)11-14(12-22-18)19(27)25-7-3-2-4-8-25/h11-12,15H,2-10,13H2,1H3,(H,21,26)(H,22,23). The Balaban J connectivity index is 1.54. The van der Waals surface area contributed by atoms with Gasteiger partial charge in [-0.1, -0.05) is 11.6 Å². The average Bonchev–Trinajstić information content (AvgIpc) is 2.71. The van der Waals surface area contributed by atoms with Gasteiger partial charge < -0.3 is 15.5 Å². The van der Waals surface area contributed by atoms with Gasteiger partial charge in [0.05, 0.1) is 17.1 Å². The number of nitrogens with zero attached hydrogens (tertiary/aromatic N) is 3. The van der Waals surface area contributed by atoms with Gasteiger partial charge in [-0.05, 0) is 38.2 Å². The van der Waals surface area contributed by atoms with Crippen LogP contribution in [0.2, 0.25) is 5.02 Å². The highest BCUT2D eigenvalue weighted by atomic mass is 35.5. The molecule has 0 bridgehead atoms. The van der Waals surface area contributed by atoms with E-state index in [2.05, 4.69) is 20.5 Å². The van der Waals surface area contributed by atoms with E-state index < -0.39 is 0 Å². The number of hydrogen-bond donors (Lipinski definition) is 2. The largest absolute Gasteiger partial charge is 0.366 e. The van der Waals surface area contributed by atoms with E-state index in [4.69, 9.17) is 11.6 Å². The number of aromatic nitrogens is 1. The van der Waals surface area contributed by atoms with Gasteiger partial charge >= 0.3 is 0 Å². The second-order valence-corrected chi connectivity index (χ2v) is 7.68. The third kappa shape index (κ3) is 5.32. The highest BCUT2D eigenvalue weighted by molar-refractivity contribution is 6.33. The van der Waals surface area contributed by atoms with E-state index in [0.717, 1.165) is 51.9 Å². The molecule has 2 N–H and O–H groups in total. The smallest absolute Gasteiger partial charge is 0.255 e. The second kappa shape index (κ2) is 9.37. The Hall–Kier alpha value is -1.86. The summed E-state index contributed by atoms with van der Waals surface area (Å²) in [5.41, 5.74) is 0.549. The van der Waals surface area contributed by atoms with E-state index in [0.29, 0.717) is 22.9 Å². The lowest BCUT2D eigenvalue weighted by atomic mass is 10.0. The van der Waals surface area contributed by atoms with E-state index in [1.807, 2.05) is 4.90 Å². The number of amides is 2. The summed E-state index contributed by atoms with van der Waals surface area (Å²) in [7, 11) is 1.66. The number of anilines is 1. The summed E-state index contributed by atoms with van der Waals surface area (Å²) in [6.07, 6.45) is 6.77. The van der Waals surface area contributed by atoms with Crippen LogP contribution in [0.1, 0.15) is 42.5 Å². The molecule has 3 rings (SSSR count). The van der Waals surface area contributed by atoms with Crippen LogP contribution in [-0.2, 0) is 4.79 Å². The number of likely N-dealkylation sites (N-methyl/N-ethyl adjacent to an activating group) is 1. The molecule has 148 valence electrons. The van der Waals surface area contributed by atoms with Crippen molar-refractivity contribution in [2.75, 3.05) is 45.1 Å². The summed E-state index contributed by atoms with van der Waals surface area (Å²) in [6.45, 7) is 3.77. The third-order valence-corrected chi connectivity index (χ3v) is 5.59. The monoisotopic (exact) mass is 393 g/mol. The topological polar surface area (TPSA) is 77.6 Å². The van der Waals surface area contributed by atoms with Gasteiger partial charge in [-0.3, -0.25) is 14.5 Å². The molecular formula is C19H28ClN5O2. The molecule has 0 saturated carbocycles. The van der Waals surface area contributed by atoms with Gasteiger partial charge in [0.15, 0.2) is 0 Å². The van der Waals surface area contributed by atoms with Crippen molar-refractivity contribution in [1.29, 1.82) is 0 Å². The Labute approximate surface area is 165 Å². The summed E-state index contributed by atoms with van der Waals surface area (Å²) in [6, 6.07) is 1.98. The van der Waals surface area contributed by atoms with Gasteiger partial charge in [0, 0.05) is 45.5 Å². The van der Waals surface area contributed by atoms with Crippen molar-refractivity contribution in [3.63, 3.8) is 0 Å². The van der Waals surface area contributed by atoms with E-state index in [1.54, 1.807) is 19.3 Å². The van der Waals surface area contributed by atoms with Gasteiger partial charge in [0.25, 0.3) is 5.91 Å². The SMILES string of the molecule is CNC(=O)CN1CCC(Nc2ncc(C(=O)N3CCCCC3)cc2Cl)CC1. The summed E-state index contributed by atoms with van der Waals surface area (Å²) in [4.78, 5) is 32.5. The predicted molar refractivity (Wildman–Crippen MR) is 106 cm³/mol. The van der Waals surface area contributed by atoms with Crippen LogP contribution < -0.4 is 10.6 Å². The number of halogens is 1. The van der Waals surface area contributed by atoms with E-state index >= 15 is 0 Å². The molecule has 0 aromatic carbocycles. The van der Waals surface area contributed by atoms with Crippen molar-refractivity contribution in [3.05, 3.63) is 22.8 Å². The van der Waals surface area contributed by atoms with Crippen LogP contribution in [-0.4, -0.2) is 72.4 Å². The van der Waals surface area contributed by atoms with Crippen molar-refractivity contribution in [2.24, 2.45) is 0 Å². The quantitative estimate of drug-likeness (QED) is 0.799. The lowest BCUT2D eigenvalue weighted by Gasteiger charge is -2.32. The van der Waals surface area contributed by atoms with Crippen molar-refractivity contribution >= 4 is 29.2 Å². The maximum Gasteiger partial charge on any atom is 0.255 e. The number of likely N-dealkylation sites (tertiary alicyclic amines) is 2. The zero-order valence-corrected chi connectivity index (χ0v) is 16.6. The van der Waals surface area contributed by atoms with E-state index in [9.17, 15) is 9.59 Å². The molecule has 0 spiro atoms. The molecule has 1 aromatic heterocycles. The highest BCUT2D eigenvalue weighted by Crippen LogP contribution is 2.24. The zero-order valence-electron chi connectivity index (χ0n) is 15.8. The predicted octanol–water partition coefficient (Wildman–Crippen LogP) is 1.98. The molecule has 0 atom stereocenters. The lowest BCUT2D eigenvalue weighted by Crippen LogP contribution is -2.43. The summed E-state index contributed by atoms with van der Waals surface area (Å²) < 4.78 is 0. The van der Waals surface area contributed by atoms with Gasteiger partial charge in [-0.2, -0.15) is 0 Å². The summed E-state index contributed by atoms with van der Waals surface area (Å²) in [5, 5.41) is 6.52. The molecule has 3 heterocycles. The summed E-state index contributed by atoms with van der Waals surface area (Å²) in [5.74, 6) is 0.676. The number of carbonyl (C=O) groups excluding carboxylic acids is 2. The molecule has 8 heteroatoms. The number of carbonyl (C=O) groups is 2. The minimum absolute atomic E-state index is 0.0122. The molecule has 2 fully saturated rings. The van der Waals surface area contributed by atoms with Crippen LogP contribution in [0.4, 0.5) is 5.82 Å². The normalized spacial score (nSPS) is 19.0. The van der Waals surface area contributed by atoms with Crippen LogP contribution in [0.3, 0.4) is 0 Å². The van der Waals surface area contributed by atoms with Gasteiger partial charge in [-0.25, -0.2) is 4.98 Å². The molecule has 2 aliphatic rings. The fraction of sp³-hybridized carbons (Fsp3) is 0.632. The molecule has 2 saturated heterocycles. The van der Waals surface area contributed by atoms with Crippen molar-refractivity contribution < 1.29 is 9.59 Å². The van der Waals surface area contributed by atoms with Crippen molar-refractivity contribution in [3.8, 4) is 0 Å². The molecule has 2 aliphatic heterocycles. The number of pyridine rings is 1. The number of piperidine rings is 2. The van der Waals surface area contributed by atoms with E-state index in [1.165, 1.54) is 6.42 Å². The third-order valence-electron chi connectivity index (χ3n) is 5.31. The first kappa shape index (κ1) is 19.9. The molecule has 27 heavy (non-hydrogen) atoms. The Morgan fingerprint density at radius 2 is 1.89 bits per heavy atom. The fourth-order valence-corrected chi connectivity index (χ4v) is 3.87. The van der Waals surface area contributed by atoms with Crippen LogP contribution in [0.5, 0.6) is 0 Å². The first-order valence-electron chi connectivity index (χ1n) is 9.71. The Kier molecular flexibility index (Phi) is 6.90. The highest BCUT2D eigenvalue weighted by Gasteiger charge is 2.23. The number of nitrogens with one attached hydrogen (secondary N) is 2. The van der Waals surface area contributed by atoms with Crippen molar-refractivity contribution in [1.82, 2.24) is 20.1 Å². The molecule has 7 nitrogen and oxygen atoms in total. The lowest BCUT2D eigenvalue weighted by molar-refractivity contribution is -0.122. The Morgan fingerprint density at radius 1 is 1.19 bits per heavy atom. The zero-order chi connectivity index (χ0) is 19.2. The molecule has 0 aliphatic carbocycles. The molecular weight excluding hydrogens is 366 g/mol. The molecule has 0 unspecified atom stereocenters. The second-order valence-electron chi connectivity index (χ2n) is 7.28. The average molecular weight is 394 g/mol. The van der Waals surface area contributed by atoms with Gasteiger partial charge in [-0.15, -0.1) is 0 Å². The molecule has 2 amide bonds.